The molecule has 7 nitrogen and oxygen atoms in total. The second kappa shape index (κ2) is 4.09. The molecule has 0 aliphatic carbocycles. The number of Topliss-reactive ketones (excluding diaryl/α,β-unsaturated/α-hetero) is 1. The third-order valence-corrected chi connectivity index (χ3v) is 3.15. The van der Waals surface area contributed by atoms with Crippen LogP contribution in [0.3, 0.4) is 0 Å². The maximum atomic E-state index is 11.8. The van der Waals surface area contributed by atoms with Crippen molar-refractivity contribution in [1.29, 1.82) is 0 Å². The number of aryl methyl sites for hydroxylation is 1. The number of nitrogens with zero attached hydrogens (tertiary/aromatic N) is 3. The van der Waals surface area contributed by atoms with Crippen LogP contribution in [-0.2, 0) is 7.05 Å². The zero-order chi connectivity index (χ0) is 14.4. The van der Waals surface area contributed by atoms with Crippen molar-refractivity contribution in [3.8, 4) is 11.5 Å². The topological polar surface area (TPSA) is 97.7 Å². The number of aromatic nitrogens is 4. The number of hydrogen-bond acceptors (Lipinski definition) is 5. The fourth-order valence-electron chi connectivity index (χ4n) is 2.12. The molecule has 0 unspecified atom stereocenters. The van der Waals surface area contributed by atoms with Crippen LogP contribution in [0.25, 0.3) is 22.6 Å². The van der Waals surface area contributed by atoms with Crippen LogP contribution in [0.5, 0.6) is 0 Å². The normalized spacial score (nSPS) is 11.1. The molecule has 0 atom stereocenters. The van der Waals surface area contributed by atoms with E-state index in [2.05, 4.69) is 15.0 Å². The first-order valence-electron chi connectivity index (χ1n) is 5.89. The molecule has 7 heteroatoms. The SMILES string of the molecule is CC(=O)c1ccc2c(c1)nc1c(=O)[nH]c(=O)nc-1n2C. The summed E-state index contributed by atoms with van der Waals surface area (Å²) in [4.78, 5) is 44.5. The zero-order valence-corrected chi connectivity index (χ0v) is 10.8. The van der Waals surface area contributed by atoms with Crippen LogP contribution in [0, 0.1) is 0 Å². The Morgan fingerprint density at radius 2 is 2.00 bits per heavy atom. The number of ketones is 1. The number of H-pyrrole nitrogens is 1. The van der Waals surface area contributed by atoms with E-state index in [-0.39, 0.29) is 17.3 Å². The lowest BCUT2D eigenvalue weighted by Gasteiger charge is -2.12. The maximum Gasteiger partial charge on any atom is 0.349 e. The molecule has 0 saturated carbocycles. The number of benzene rings is 1. The number of aromatic amines is 1. The van der Waals surface area contributed by atoms with E-state index in [9.17, 15) is 14.4 Å². The molecule has 1 N–H and O–H groups in total. The van der Waals surface area contributed by atoms with Gasteiger partial charge in [0.1, 0.15) is 0 Å². The van der Waals surface area contributed by atoms with Gasteiger partial charge in [0.05, 0.1) is 11.0 Å². The van der Waals surface area contributed by atoms with Crippen molar-refractivity contribution in [1.82, 2.24) is 19.5 Å². The molecule has 2 heterocycles. The van der Waals surface area contributed by atoms with E-state index in [1.54, 1.807) is 29.8 Å². The van der Waals surface area contributed by atoms with Crippen LogP contribution in [-0.4, -0.2) is 25.3 Å². The molecule has 0 saturated heterocycles. The summed E-state index contributed by atoms with van der Waals surface area (Å²) in [6, 6.07) is 5.00. The minimum absolute atomic E-state index is 0.0697. The lowest BCUT2D eigenvalue weighted by molar-refractivity contribution is 0.101. The van der Waals surface area contributed by atoms with Crippen LogP contribution in [0.4, 0.5) is 0 Å². The van der Waals surface area contributed by atoms with Gasteiger partial charge in [0, 0.05) is 12.6 Å². The zero-order valence-electron chi connectivity index (χ0n) is 10.8. The Hall–Kier alpha value is -2.83. The minimum Gasteiger partial charge on any atom is -0.325 e. The highest BCUT2D eigenvalue weighted by Crippen LogP contribution is 2.20. The van der Waals surface area contributed by atoms with Gasteiger partial charge in [0.2, 0.25) is 0 Å². The predicted octanol–water partition coefficient (Wildman–Crippen LogP) is 0.324. The third kappa shape index (κ3) is 1.71. The highest BCUT2D eigenvalue weighted by atomic mass is 16.2. The van der Waals surface area contributed by atoms with Gasteiger partial charge in [-0.25, -0.2) is 9.78 Å². The van der Waals surface area contributed by atoms with Gasteiger partial charge < -0.3 is 4.57 Å². The Bertz CT molecular complexity index is 939. The Balaban J connectivity index is 2.51. The van der Waals surface area contributed by atoms with Crippen molar-refractivity contribution in [2.75, 3.05) is 0 Å². The number of rotatable bonds is 1. The lowest BCUT2D eigenvalue weighted by Crippen LogP contribution is -2.28. The van der Waals surface area contributed by atoms with Gasteiger partial charge in [0.25, 0.3) is 5.56 Å². The van der Waals surface area contributed by atoms with Crippen molar-refractivity contribution in [2.45, 2.75) is 6.92 Å². The van der Waals surface area contributed by atoms with E-state index in [1.165, 1.54) is 6.92 Å². The van der Waals surface area contributed by atoms with Gasteiger partial charge in [-0.3, -0.25) is 14.6 Å². The lowest BCUT2D eigenvalue weighted by atomic mass is 10.1. The summed E-state index contributed by atoms with van der Waals surface area (Å²) in [6.07, 6.45) is 0. The molecular weight excluding hydrogens is 260 g/mol. The van der Waals surface area contributed by atoms with Gasteiger partial charge in [0.15, 0.2) is 17.3 Å². The van der Waals surface area contributed by atoms with Crippen molar-refractivity contribution in [3.05, 3.63) is 44.6 Å². The minimum atomic E-state index is -0.709. The number of carbonyl (C=O) groups is 1. The highest BCUT2D eigenvalue weighted by Gasteiger charge is 2.16. The van der Waals surface area contributed by atoms with Crippen LogP contribution in [0.15, 0.2) is 27.8 Å². The molecule has 2 aliphatic heterocycles. The molecule has 0 bridgehead atoms. The summed E-state index contributed by atoms with van der Waals surface area (Å²) in [5.41, 5.74) is 0.457. The van der Waals surface area contributed by atoms with Crippen LogP contribution in [0.2, 0.25) is 0 Å². The van der Waals surface area contributed by atoms with Gasteiger partial charge in [-0.05, 0) is 25.1 Å². The average Bonchev–Trinajstić information content (AvgIpc) is 2.40. The molecule has 1 aromatic carbocycles. The van der Waals surface area contributed by atoms with Gasteiger partial charge >= 0.3 is 5.69 Å². The summed E-state index contributed by atoms with van der Waals surface area (Å²) in [6.45, 7) is 1.46. The van der Waals surface area contributed by atoms with Crippen molar-refractivity contribution in [2.24, 2.45) is 7.05 Å². The maximum absolute atomic E-state index is 11.8. The van der Waals surface area contributed by atoms with E-state index in [1.807, 2.05) is 0 Å². The standard InChI is InChI=1S/C13H10N4O3/c1-6(18)7-3-4-9-8(5-7)14-10-11(17(9)2)15-13(20)16-12(10)19/h3-5H,1-2H3,(H,16,19,20). The highest BCUT2D eigenvalue weighted by molar-refractivity contribution is 5.97. The number of hydrogen-bond donors (Lipinski definition) is 1. The summed E-state index contributed by atoms with van der Waals surface area (Å²) in [5, 5.41) is 0. The fourth-order valence-corrected chi connectivity index (χ4v) is 2.12. The van der Waals surface area contributed by atoms with Gasteiger partial charge in [-0.1, -0.05) is 0 Å². The summed E-state index contributed by atoms with van der Waals surface area (Å²) < 4.78 is 1.61. The van der Waals surface area contributed by atoms with Crippen molar-refractivity contribution < 1.29 is 4.79 Å². The molecule has 0 radical (unpaired) electrons. The van der Waals surface area contributed by atoms with E-state index in [0.29, 0.717) is 16.6 Å². The second-order valence-electron chi connectivity index (χ2n) is 4.47. The van der Waals surface area contributed by atoms with Crippen LogP contribution < -0.4 is 11.2 Å². The number of carbonyl (C=O) groups excluding carboxylic acids is 1. The first-order valence-corrected chi connectivity index (χ1v) is 5.89. The summed E-state index contributed by atoms with van der Waals surface area (Å²) in [5.74, 6) is 0.125. The summed E-state index contributed by atoms with van der Waals surface area (Å²) in [7, 11) is 1.69. The van der Waals surface area contributed by atoms with E-state index in [0.717, 1.165) is 0 Å². The molecule has 1 aromatic rings. The Kier molecular flexibility index (Phi) is 2.50. The molecule has 20 heavy (non-hydrogen) atoms. The summed E-state index contributed by atoms with van der Waals surface area (Å²) >= 11 is 0. The van der Waals surface area contributed by atoms with E-state index >= 15 is 0 Å². The van der Waals surface area contributed by atoms with Crippen LogP contribution in [0.1, 0.15) is 17.3 Å². The Morgan fingerprint density at radius 1 is 1.25 bits per heavy atom. The van der Waals surface area contributed by atoms with E-state index in [4.69, 9.17) is 0 Å². The first kappa shape index (κ1) is 12.2. The van der Waals surface area contributed by atoms with Crippen molar-refractivity contribution >= 4 is 16.8 Å². The third-order valence-electron chi connectivity index (χ3n) is 3.15. The smallest absolute Gasteiger partial charge is 0.325 e. The molecule has 3 rings (SSSR count). The largest absolute Gasteiger partial charge is 0.349 e. The first-order chi connectivity index (χ1) is 9.47. The molecular formula is C13H10N4O3. The molecule has 100 valence electrons. The molecule has 0 spiro atoms. The molecule has 2 aliphatic rings. The van der Waals surface area contributed by atoms with Crippen LogP contribution >= 0.6 is 0 Å². The van der Waals surface area contributed by atoms with E-state index < -0.39 is 11.2 Å². The average molecular weight is 270 g/mol. The predicted molar refractivity (Wildman–Crippen MR) is 72.0 cm³/mol. The quantitative estimate of drug-likeness (QED) is 0.507. The fraction of sp³-hybridized carbons (Fsp3) is 0.154. The Morgan fingerprint density at radius 3 is 2.70 bits per heavy atom. The molecule has 0 aromatic heterocycles. The number of nitrogens with one attached hydrogen (secondary N) is 1. The van der Waals surface area contributed by atoms with Gasteiger partial charge in [-0.2, -0.15) is 4.98 Å². The Labute approximate surface area is 112 Å². The van der Waals surface area contributed by atoms with Crippen molar-refractivity contribution in [3.63, 3.8) is 0 Å². The molecule has 0 fully saturated rings. The molecule has 0 amide bonds. The monoisotopic (exact) mass is 270 g/mol. The second-order valence-corrected chi connectivity index (χ2v) is 4.47. The van der Waals surface area contributed by atoms with Gasteiger partial charge in [-0.15, -0.1) is 0 Å². The number of fused-ring (bicyclic) bond motifs is 2.